The molecule has 3 amide bonds. The standard InChI is InChI=1S/C27H29N3O5/c1-17(2)24(27(33)29-22-11-7-8-12-23(22)35-4)30-26(32)20-9-5-6-10-21(20)28-25(31)18-13-15-19(34-3)16-14-18/h5-17,24H,1-4H3,(H,28,31)(H,29,33)(H,30,32). The number of anilines is 2. The van der Waals surface area contributed by atoms with Crippen molar-refractivity contribution < 1.29 is 23.9 Å². The Morgan fingerprint density at radius 2 is 1.34 bits per heavy atom. The average Bonchev–Trinajstić information content (AvgIpc) is 2.87. The average molecular weight is 476 g/mol. The van der Waals surface area contributed by atoms with Crippen molar-refractivity contribution in [2.75, 3.05) is 24.9 Å². The molecular weight excluding hydrogens is 446 g/mol. The van der Waals surface area contributed by atoms with Crippen LogP contribution < -0.4 is 25.4 Å². The number of ether oxygens (including phenoxy) is 2. The topological polar surface area (TPSA) is 106 Å². The van der Waals surface area contributed by atoms with Gasteiger partial charge < -0.3 is 25.4 Å². The molecule has 1 unspecified atom stereocenters. The predicted octanol–water partition coefficient (Wildman–Crippen LogP) is 4.35. The van der Waals surface area contributed by atoms with E-state index in [0.717, 1.165) is 0 Å². The summed E-state index contributed by atoms with van der Waals surface area (Å²) in [6, 6.07) is 19.5. The van der Waals surface area contributed by atoms with Crippen LogP contribution >= 0.6 is 0 Å². The summed E-state index contributed by atoms with van der Waals surface area (Å²) in [6.45, 7) is 3.67. The second kappa shape index (κ2) is 11.7. The lowest BCUT2D eigenvalue weighted by molar-refractivity contribution is -0.118. The lowest BCUT2D eigenvalue weighted by atomic mass is 10.0. The van der Waals surface area contributed by atoms with E-state index in [1.807, 2.05) is 13.8 Å². The zero-order valence-corrected chi connectivity index (χ0v) is 20.1. The molecule has 0 saturated heterocycles. The maximum absolute atomic E-state index is 13.2. The van der Waals surface area contributed by atoms with Crippen LogP contribution in [0.2, 0.25) is 0 Å². The Morgan fingerprint density at radius 1 is 0.714 bits per heavy atom. The van der Waals surface area contributed by atoms with Gasteiger partial charge in [0.05, 0.1) is 31.2 Å². The summed E-state index contributed by atoms with van der Waals surface area (Å²) in [6.07, 6.45) is 0. The predicted molar refractivity (Wildman–Crippen MR) is 135 cm³/mol. The van der Waals surface area contributed by atoms with Gasteiger partial charge in [-0.2, -0.15) is 0 Å². The van der Waals surface area contributed by atoms with Gasteiger partial charge in [0.2, 0.25) is 5.91 Å². The number of hydrogen-bond donors (Lipinski definition) is 3. The van der Waals surface area contributed by atoms with Crippen LogP contribution in [-0.2, 0) is 4.79 Å². The van der Waals surface area contributed by atoms with Crippen LogP contribution in [0.5, 0.6) is 11.5 Å². The zero-order valence-electron chi connectivity index (χ0n) is 20.1. The van der Waals surface area contributed by atoms with Crippen LogP contribution in [0, 0.1) is 5.92 Å². The fourth-order valence-corrected chi connectivity index (χ4v) is 3.44. The van der Waals surface area contributed by atoms with Gasteiger partial charge in [-0.05, 0) is 54.4 Å². The molecule has 182 valence electrons. The van der Waals surface area contributed by atoms with Crippen LogP contribution in [0.25, 0.3) is 0 Å². The van der Waals surface area contributed by atoms with Crippen LogP contribution in [-0.4, -0.2) is 38.0 Å². The van der Waals surface area contributed by atoms with E-state index in [1.54, 1.807) is 79.9 Å². The van der Waals surface area contributed by atoms with Gasteiger partial charge in [0, 0.05) is 5.56 Å². The Hall–Kier alpha value is -4.33. The first kappa shape index (κ1) is 25.3. The first-order valence-corrected chi connectivity index (χ1v) is 11.1. The number of methoxy groups -OCH3 is 2. The summed E-state index contributed by atoms with van der Waals surface area (Å²) >= 11 is 0. The van der Waals surface area contributed by atoms with Crippen molar-refractivity contribution in [2.45, 2.75) is 19.9 Å². The van der Waals surface area contributed by atoms with Crippen molar-refractivity contribution in [1.82, 2.24) is 5.32 Å². The van der Waals surface area contributed by atoms with E-state index in [9.17, 15) is 14.4 Å². The monoisotopic (exact) mass is 475 g/mol. The maximum atomic E-state index is 13.2. The molecule has 8 heteroatoms. The third-order valence-electron chi connectivity index (χ3n) is 5.37. The molecule has 0 aromatic heterocycles. The zero-order chi connectivity index (χ0) is 25.4. The van der Waals surface area contributed by atoms with Gasteiger partial charge in [-0.3, -0.25) is 14.4 Å². The molecule has 0 radical (unpaired) electrons. The van der Waals surface area contributed by atoms with E-state index in [2.05, 4.69) is 16.0 Å². The Bertz CT molecular complexity index is 1190. The van der Waals surface area contributed by atoms with Crippen LogP contribution in [0.15, 0.2) is 72.8 Å². The lowest BCUT2D eigenvalue weighted by Gasteiger charge is -2.23. The second-order valence-electron chi connectivity index (χ2n) is 8.11. The minimum atomic E-state index is -0.822. The van der Waals surface area contributed by atoms with Gasteiger partial charge in [0.25, 0.3) is 11.8 Å². The smallest absolute Gasteiger partial charge is 0.255 e. The molecule has 0 spiro atoms. The summed E-state index contributed by atoms with van der Waals surface area (Å²) < 4.78 is 10.4. The van der Waals surface area contributed by atoms with Crippen molar-refractivity contribution in [3.8, 4) is 11.5 Å². The Morgan fingerprint density at radius 3 is 1.97 bits per heavy atom. The fraction of sp³-hybridized carbons (Fsp3) is 0.222. The van der Waals surface area contributed by atoms with Gasteiger partial charge in [-0.15, -0.1) is 0 Å². The van der Waals surface area contributed by atoms with E-state index in [0.29, 0.717) is 28.4 Å². The highest BCUT2D eigenvalue weighted by atomic mass is 16.5. The lowest BCUT2D eigenvalue weighted by Crippen LogP contribution is -2.47. The number of carbonyl (C=O) groups excluding carboxylic acids is 3. The summed E-state index contributed by atoms with van der Waals surface area (Å²) in [5.41, 5.74) is 1.49. The van der Waals surface area contributed by atoms with Crippen molar-refractivity contribution in [2.24, 2.45) is 5.92 Å². The minimum Gasteiger partial charge on any atom is -0.497 e. The van der Waals surface area contributed by atoms with E-state index in [4.69, 9.17) is 9.47 Å². The van der Waals surface area contributed by atoms with Gasteiger partial charge >= 0.3 is 0 Å². The molecular formula is C27H29N3O5. The highest BCUT2D eigenvalue weighted by Crippen LogP contribution is 2.24. The number of carbonyl (C=O) groups is 3. The first-order chi connectivity index (χ1) is 16.8. The highest BCUT2D eigenvalue weighted by Gasteiger charge is 2.26. The van der Waals surface area contributed by atoms with Crippen molar-refractivity contribution in [3.63, 3.8) is 0 Å². The summed E-state index contributed by atoms with van der Waals surface area (Å²) in [7, 11) is 3.06. The largest absolute Gasteiger partial charge is 0.497 e. The van der Waals surface area contributed by atoms with E-state index < -0.39 is 11.9 Å². The highest BCUT2D eigenvalue weighted by molar-refractivity contribution is 6.10. The van der Waals surface area contributed by atoms with Crippen LogP contribution in [0.1, 0.15) is 34.6 Å². The molecule has 3 aromatic carbocycles. The van der Waals surface area contributed by atoms with Crippen LogP contribution in [0.4, 0.5) is 11.4 Å². The Kier molecular flexibility index (Phi) is 8.45. The summed E-state index contributed by atoms with van der Waals surface area (Å²) in [4.78, 5) is 38.9. The number of hydrogen-bond acceptors (Lipinski definition) is 5. The molecule has 0 aliphatic heterocycles. The van der Waals surface area contributed by atoms with Crippen LogP contribution in [0.3, 0.4) is 0 Å². The van der Waals surface area contributed by atoms with E-state index in [1.165, 1.54) is 7.11 Å². The molecule has 35 heavy (non-hydrogen) atoms. The maximum Gasteiger partial charge on any atom is 0.255 e. The Labute approximate surface area is 204 Å². The third kappa shape index (κ3) is 6.38. The molecule has 3 aromatic rings. The number of benzene rings is 3. The number of rotatable bonds is 9. The number of nitrogens with one attached hydrogen (secondary N) is 3. The molecule has 0 saturated carbocycles. The van der Waals surface area contributed by atoms with Gasteiger partial charge in [-0.25, -0.2) is 0 Å². The van der Waals surface area contributed by atoms with Gasteiger partial charge in [0.1, 0.15) is 17.5 Å². The van der Waals surface area contributed by atoms with Crippen molar-refractivity contribution >= 4 is 29.1 Å². The molecule has 8 nitrogen and oxygen atoms in total. The Balaban J connectivity index is 1.76. The molecule has 0 bridgehead atoms. The molecule has 0 fully saturated rings. The molecule has 3 rings (SSSR count). The molecule has 0 heterocycles. The van der Waals surface area contributed by atoms with E-state index >= 15 is 0 Å². The van der Waals surface area contributed by atoms with E-state index in [-0.39, 0.29) is 23.3 Å². The number of para-hydroxylation sites is 3. The molecule has 0 aliphatic carbocycles. The van der Waals surface area contributed by atoms with Gasteiger partial charge in [-0.1, -0.05) is 38.1 Å². The summed E-state index contributed by atoms with van der Waals surface area (Å²) in [5.74, 6) is -0.284. The molecule has 0 aliphatic rings. The summed E-state index contributed by atoms with van der Waals surface area (Å²) in [5, 5.41) is 8.39. The van der Waals surface area contributed by atoms with Crippen molar-refractivity contribution in [1.29, 1.82) is 0 Å². The third-order valence-corrected chi connectivity index (χ3v) is 5.37. The first-order valence-electron chi connectivity index (χ1n) is 11.1. The molecule has 1 atom stereocenters. The van der Waals surface area contributed by atoms with Crippen molar-refractivity contribution in [3.05, 3.63) is 83.9 Å². The second-order valence-corrected chi connectivity index (χ2v) is 8.11. The quantitative estimate of drug-likeness (QED) is 0.427. The number of amides is 3. The SMILES string of the molecule is COc1ccc(C(=O)Nc2ccccc2C(=O)NC(C(=O)Nc2ccccc2OC)C(C)C)cc1. The minimum absolute atomic E-state index is 0.199. The molecule has 3 N–H and O–H groups in total. The normalized spacial score (nSPS) is 11.3. The van der Waals surface area contributed by atoms with Gasteiger partial charge in [0.15, 0.2) is 0 Å². The fourth-order valence-electron chi connectivity index (χ4n) is 3.44.